The van der Waals surface area contributed by atoms with Crippen molar-refractivity contribution in [3.63, 3.8) is 0 Å². The molecule has 2 aromatic rings. The second kappa shape index (κ2) is 3.94. The Bertz CT molecular complexity index is 503. The van der Waals surface area contributed by atoms with E-state index in [9.17, 15) is 0 Å². The normalized spacial score (nSPS) is 10.7. The fraction of sp³-hybridized carbons (Fsp3) is 0.300. The summed E-state index contributed by atoms with van der Waals surface area (Å²) in [6.45, 7) is 2.74. The van der Waals surface area contributed by atoms with Crippen molar-refractivity contribution in [2.24, 2.45) is 5.73 Å². The maximum absolute atomic E-state index is 5.45. The molecular weight excluding hydrogens is 208 g/mol. The monoisotopic (exact) mass is 220 g/mol. The minimum absolute atomic E-state index is 0.518. The molecule has 0 amide bonds. The molecule has 0 unspecified atom stereocenters. The first-order valence-electron chi connectivity index (χ1n) is 4.72. The molecule has 0 spiro atoms. The number of rotatable bonds is 3. The average molecular weight is 220 g/mol. The molecule has 78 valence electrons. The summed E-state index contributed by atoms with van der Waals surface area (Å²) in [6, 6.07) is 2.01. The van der Waals surface area contributed by atoms with Crippen LogP contribution in [0.3, 0.4) is 0 Å². The summed E-state index contributed by atoms with van der Waals surface area (Å²) in [5.74, 6) is 0. The molecule has 4 nitrogen and oxygen atoms in total. The number of imidazole rings is 1. The Balaban J connectivity index is 2.32. The van der Waals surface area contributed by atoms with E-state index in [1.165, 1.54) is 0 Å². The SMILES string of the molecule is Cc1cnc2c(c1)ncn2CCC(N)=S. The largest absolute Gasteiger partial charge is 0.393 e. The first-order chi connectivity index (χ1) is 7.16. The number of hydrogen-bond acceptors (Lipinski definition) is 3. The highest BCUT2D eigenvalue weighted by atomic mass is 32.1. The van der Waals surface area contributed by atoms with E-state index in [2.05, 4.69) is 9.97 Å². The van der Waals surface area contributed by atoms with Gasteiger partial charge in [0.15, 0.2) is 5.65 Å². The van der Waals surface area contributed by atoms with Gasteiger partial charge < -0.3 is 10.3 Å². The highest BCUT2D eigenvalue weighted by Crippen LogP contribution is 2.11. The zero-order valence-electron chi connectivity index (χ0n) is 8.47. The quantitative estimate of drug-likeness (QED) is 0.795. The van der Waals surface area contributed by atoms with Crippen LogP contribution in [0, 0.1) is 6.92 Å². The smallest absolute Gasteiger partial charge is 0.159 e. The summed E-state index contributed by atoms with van der Waals surface area (Å²) in [4.78, 5) is 9.13. The van der Waals surface area contributed by atoms with Crippen LogP contribution in [0.4, 0.5) is 0 Å². The van der Waals surface area contributed by atoms with Gasteiger partial charge in [-0.05, 0) is 18.6 Å². The van der Waals surface area contributed by atoms with Gasteiger partial charge >= 0.3 is 0 Å². The van der Waals surface area contributed by atoms with E-state index >= 15 is 0 Å². The summed E-state index contributed by atoms with van der Waals surface area (Å²) in [7, 11) is 0. The average Bonchev–Trinajstić information content (AvgIpc) is 2.57. The summed E-state index contributed by atoms with van der Waals surface area (Å²) < 4.78 is 1.97. The Morgan fingerprint density at radius 2 is 2.33 bits per heavy atom. The summed E-state index contributed by atoms with van der Waals surface area (Å²) in [5.41, 5.74) is 8.37. The molecule has 0 radical (unpaired) electrons. The minimum Gasteiger partial charge on any atom is -0.393 e. The molecule has 0 bridgehead atoms. The van der Waals surface area contributed by atoms with Crippen LogP contribution < -0.4 is 5.73 Å². The number of thiocarbonyl (C=S) groups is 1. The third-order valence-electron chi connectivity index (χ3n) is 2.19. The van der Waals surface area contributed by atoms with Gasteiger partial charge in [-0.25, -0.2) is 9.97 Å². The van der Waals surface area contributed by atoms with Crippen LogP contribution in [-0.4, -0.2) is 19.5 Å². The number of pyridine rings is 1. The van der Waals surface area contributed by atoms with Crippen LogP contribution in [0.15, 0.2) is 18.6 Å². The topological polar surface area (TPSA) is 56.7 Å². The van der Waals surface area contributed by atoms with Gasteiger partial charge in [-0.2, -0.15) is 0 Å². The number of nitrogens with zero attached hydrogens (tertiary/aromatic N) is 3. The molecule has 0 atom stereocenters. The van der Waals surface area contributed by atoms with Crippen molar-refractivity contribution in [1.82, 2.24) is 14.5 Å². The Labute approximate surface area is 93.1 Å². The van der Waals surface area contributed by atoms with Crippen LogP contribution >= 0.6 is 12.2 Å². The number of nitrogens with two attached hydrogens (primary N) is 1. The summed E-state index contributed by atoms with van der Waals surface area (Å²) in [6.07, 6.45) is 4.28. The highest BCUT2D eigenvalue weighted by molar-refractivity contribution is 7.80. The molecule has 0 fully saturated rings. The second-order valence-electron chi connectivity index (χ2n) is 3.51. The van der Waals surface area contributed by atoms with Crippen LogP contribution in [0.2, 0.25) is 0 Å². The summed E-state index contributed by atoms with van der Waals surface area (Å²) in [5, 5.41) is 0. The van der Waals surface area contributed by atoms with Crippen LogP contribution in [0.1, 0.15) is 12.0 Å². The molecule has 2 rings (SSSR count). The van der Waals surface area contributed by atoms with Gasteiger partial charge in [0.25, 0.3) is 0 Å². The van der Waals surface area contributed by atoms with Crippen molar-refractivity contribution in [2.75, 3.05) is 0 Å². The van der Waals surface area contributed by atoms with Crippen molar-refractivity contribution >= 4 is 28.4 Å². The molecule has 0 aliphatic carbocycles. The predicted molar refractivity (Wildman–Crippen MR) is 63.7 cm³/mol. The first kappa shape index (κ1) is 10.0. The van der Waals surface area contributed by atoms with E-state index in [0.717, 1.165) is 23.3 Å². The maximum atomic E-state index is 5.45. The highest BCUT2D eigenvalue weighted by Gasteiger charge is 2.03. The van der Waals surface area contributed by atoms with Gasteiger partial charge in [-0.1, -0.05) is 12.2 Å². The van der Waals surface area contributed by atoms with Crippen molar-refractivity contribution < 1.29 is 0 Å². The van der Waals surface area contributed by atoms with Crippen molar-refractivity contribution in [2.45, 2.75) is 19.9 Å². The molecule has 0 aromatic carbocycles. The van der Waals surface area contributed by atoms with Crippen LogP contribution in [0.25, 0.3) is 11.2 Å². The third-order valence-corrected chi connectivity index (χ3v) is 2.40. The Morgan fingerprint density at radius 1 is 1.53 bits per heavy atom. The molecule has 0 aliphatic rings. The number of aromatic nitrogens is 3. The van der Waals surface area contributed by atoms with Crippen LogP contribution in [-0.2, 0) is 6.54 Å². The van der Waals surface area contributed by atoms with Crippen LogP contribution in [0.5, 0.6) is 0 Å². The molecular formula is C10H12N4S. The number of aryl methyl sites for hydroxylation is 2. The van der Waals surface area contributed by atoms with E-state index in [4.69, 9.17) is 18.0 Å². The lowest BCUT2D eigenvalue weighted by Gasteiger charge is -2.01. The first-order valence-corrected chi connectivity index (χ1v) is 5.13. The van der Waals surface area contributed by atoms with E-state index in [-0.39, 0.29) is 0 Å². The van der Waals surface area contributed by atoms with E-state index in [1.807, 2.05) is 23.8 Å². The molecule has 2 heterocycles. The molecule has 15 heavy (non-hydrogen) atoms. The standard InChI is InChI=1S/C10H12N4S/c1-7-4-8-10(12-5-7)14(6-13-8)3-2-9(11)15/h4-6H,2-3H2,1H3,(H2,11,15). The fourth-order valence-corrected chi connectivity index (χ4v) is 1.54. The fourth-order valence-electron chi connectivity index (χ4n) is 1.44. The molecule has 0 aliphatic heterocycles. The Kier molecular flexibility index (Phi) is 2.64. The maximum Gasteiger partial charge on any atom is 0.159 e. The molecule has 0 saturated carbocycles. The zero-order chi connectivity index (χ0) is 10.8. The molecule has 5 heteroatoms. The second-order valence-corrected chi connectivity index (χ2v) is 4.03. The van der Waals surface area contributed by atoms with Crippen molar-refractivity contribution in [3.05, 3.63) is 24.2 Å². The molecule has 2 aromatic heterocycles. The van der Waals surface area contributed by atoms with E-state index < -0.39 is 0 Å². The van der Waals surface area contributed by atoms with Crippen molar-refractivity contribution in [3.8, 4) is 0 Å². The zero-order valence-corrected chi connectivity index (χ0v) is 9.29. The predicted octanol–water partition coefficient (Wildman–Crippen LogP) is 1.42. The van der Waals surface area contributed by atoms with E-state index in [1.54, 1.807) is 6.33 Å². The summed E-state index contributed by atoms with van der Waals surface area (Å²) >= 11 is 4.84. The Morgan fingerprint density at radius 3 is 3.07 bits per heavy atom. The van der Waals surface area contributed by atoms with Gasteiger partial charge in [-0.15, -0.1) is 0 Å². The van der Waals surface area contributed by atoms with Crippen molar-refractivity contribution in [1.29, 1.82) is 0 Å². The van der Waals surface area contributed by atoms with Gasteiger partial charge in [0, 0.05) is 19.2 Å². The van der Waals surface area contributed by atoms with Gasteiger partial charge in [0.2, 0.25) is 0 Å². The van der Waals surface area contributed by atoms with Gasteiger partial charge in [0.05, 0.1) is 11.3 Å². The lowest BCUT2D eigenvalue weighted by Crippen LogP contribution is -2.11. The number of hydrogen-bond donors (Lipinski definition) is 1. The third kappa shape index (κ3) is 2.12. The lowest BCUT2D eigenvalue weighted by atomic mass is 10.3. The number of fused-ring (bicyclic) bond motifs is 1. The minimum atomic E-state index is 0.518. The molecule has 2 N–H and O–H groups in total. The van der Waals surface area contributed by atoms with Gasteiger partial charge in [-0.3, -0.25) is 0 Å². The van der Waals surface area contributed by atoms with Gasteiger partial charge in [0.1, 0.15) is 5.52 Å². The van der Waals surface area contributed by atoms with E-state index in [0.29, 0.717) is 11.4 Å². The molecule has 0 saturated heterocycles. The lowest BCUT2D eigenvalue weighted by molar-refractivity contribution is 0.741. The Hall–Kier alpha value is -1.49.